The van der Waals surface area contributed by atoms with Crippen LogP contribution in [-0.4, -0.2) is 50.7 Å². The van der Waals surface area contributed by atoms with Crippen molar-refractivity contribution < 1.29 is 23.5 Å². The number of carbonyl (C=O) groups excluding carboxylic acids is 3. The Bertz CT molecular complexity index is 782. The Morgan fingerprint density at radius 2 is 2.11 bits per heavy atom. The van der Waals surface area contributed by atoms with E-state index in [4.69, 9.17) is 4.74 Å². The van der Waals surface area contributed by atoms with Crippen molar-refractivity contribution in [2.24, 2.45) is 4.99 Å². The molecule has 1 atom stereocenters. The van der Waals surface area contributed by atoms with Crippen molar-refractivity contribution in [2.75, 3.05) is 12.4 Å². The number of carbonyl (C=O) groups is 3. The van der Waals surface area contributed by atoms with Crippen LogP contribution in [0.15, 0.2) is 29.3 Å². The normalized spacial score (nSPS) is 19.0. The van der Waals surface area contributed by atoms with Gasteiger partial charge in [-0.3, -0.25) is 14.4 Å². The van der Waals surface area contributed by atoms with E-state index in [1.807, 2.05) is 0 Å². The van der Waals surface area contributed by atoms with Gasteiger partial charge in [-0.05, 0) is 25.8 Å². The van der Waals surface area contributed by atoms with E-state index >= 15 is 0 Å². The molecule has 0 saturated heterocycles. The number of hydrogen-bond donors (Lipinski definition) is 0. The number of thioether (sulfide) groups is 2. The lowest BCUT2D eigenvalue weighted by Crippen LogP contribution is -2.34. The molecule has 6 nitrogen and oxygen atoms in total. The molecule has 1 fully saturated rings. The maximum Gasteiger partial charge on any atom is 0.329 e. The minimum atomic E-state index is -0.986. The van der Waals surface area contributed by atoms with Gasteiger partial charge in [-0.15, -0.1) is 0 Å². The highest BCUT2D eigenvalue weighted by atomic mass is 32.2. The Balaban J connectivity index is 1.56. The molecule has 3 rings (SSSR count). The molecule has 0 radical (unpaired) electrons. The summed E-state index contributed by atoms with van der Waals surface area (Å²) in [6.07, 6.45) is 1.81. The van der Waals surface area contributed by atoms with Crippen molar-refractivity contribution in [1.82, 2.24) is 4.90 Å². The van der Waals surface area contributed by atoms with E-state index in [9.17, 15) is 18.8 Å². The lowest BCUT2D eigenvalue weighted by atomic mass is 10.2. The smallest absolute Gasteiger partial charge is 0.329 e. The third kappa shape index (κ3) is 5.10. The van der Waals surface area contributed by atoms with Crippen molar-refractivity contribution in [3.05, 3.63) is 35.6 Å². The second-order valence-corrected chi connectivity index (χ2v) is 8.42. The number of ether oxygens (including phenoxy) is 1. The molecule has 1 aromatic carbocycles. The maximum absolute atomic E-state index is 13.9. The third-order valence-corrected chi connectivity index (χ3v) is 6.37. The van der Waals surface area contributed by atoms with Crippen molar-refractivity contribution in [2.45, 2.75) is 37.6 Å². The van der Waals surface area contributed by atoms with Crippen LogP contribution in [0.5, 0.6) is 0 Å². The van der Waals surface area contributed by atoms with Crippen LogP contribution in [0, 0.1) is 5.82 Å². The third-order valence-electron chi connectivity index (χ3n) is 4.07. The lowest BCUT2D eigenvalue weighted by Gasteiger charge is -2.22. The van der Waals surface area contributed by atoms with Crippen LogP contribution in [0.3, 0.4) is 0 Å². The van der Waals surface area contributed by atoms with Crippen LogP contribution in [-0.2, 0) is 25.7 Å². The summed E-state index contributed by atoms with van der Waals surface area (Å²) in [5.41, 5.74) is 0.480. The Morgan fingerprint density at radius 3 is 2.78 bits per heavy atom. The van der Waals surface area contributed by atoms with Gasteiger partial charge in [0.15, 0.2) is 5.25 Å². The molecule has 2 aliphatic rings. The summed E-state index contributed by atoms with van der Waals surface area (Å²) in [7, 11) is 0. The van der Waals surface area contributed by atoms with Crippen LogP contribution in [0.4, 0.5) is 4.39 Å². The minimum absolute atomic E-state index is 0.0829. The molecule has 0 spiro atoms. The molecule has 144 valence electrons. The topological polar surface area (TPSA) is 76.0 Å². The van der Waals surface area contributed by atoms with Gasteiger partial charge >= 0.3 is 5.97 Å². The van der Waals surface area contributed by atoms with E-state index in [0.717, 1.165) is 36.4 Å². The van der Waals surface area contributed by atoms with Gasteiger partial charge < -0.3 is 9.64 Å². The second kappa shape index (κ2) is 8.88. The fourth-order valence-corrected chi connectivity index (χ4v) is 4.55. The van der Waals surface area contributed by atoms with Gasteiger partial charge in [-0.25, -0.2) is 4.39 Å². The molecular weight excluding hydrogens is 391 g/mol. The number of hydrogen-bond acceptors (Lipinski definition) is 6. The summed E-state index contributed by atoms with van der Waals surface area (Å²) in [4.78, 5) is 41.7. The standard InChI is InChI=1S/C18H19FN2O4S2/c1-2-25-17(24)15-16(23)20-18(27-15)26-10-14(22)21(12-7-8-12)9-11-5-3-4-6-13(11)19/h3-6,12,15H,2,7-10H2,1H3/t15-/m0/s1. The molecule has 0 bridgehead atoms. The molecule has 0 unspecified atom stereocenters. The average molecular weight is 410 g/mol. The van der Waals surface area contributed by atoms with Crippen molar-refractivity contribution >= 4 is 45.7 Å². The molecule has 0 aromatic heterocycles. The van der Waals surface area contributed by atoms with Crippen LogP contribution >= 0.6 is 23.5 Å². The number of benzene rings is 1. The van der Waals surface area contributed by atoms with E-state index in [-0.39, 0.29) is 36.7 Å². The van der Waals surface area contributed by atoms with E-state index in [2.05, 4.69) is 4.99 Å². The fourth-order valence-electron chi connectivity index (χ4n) is 2.58. The number of amides is 2. The highest BCUT2D eigenvalue weighted by molar-refractivity contribution is 8.40. The molecular formula is C18H19FN2O4S2. The number of nitrogens with zero attached hydrogens (tertiary/aromatic N) is 2. The molecule has 1 heterocycles. The highest BCUT2D eigenvalue weighted by Gasteiger charge is 2.37. The maximum atomic E-state index is 13.9. The van der Waals surface area contributed by atoms with Gasteiger partial charge in [0.2, 0.25) is 5.91 Å². The number of rotatable bonds is 7. The summed E-state index contributed by atoms with van der Waals surface area (Å²) in [6, 6.07) is 6.54. The van der Waals surface area contributed by atoms with Gasteiger partial charge in [0.05, 0.1) is 12.4 Å². The first kappa shape index (κ1) is 19.9. The van der Waals surface area contributed by atoms with Crippen LogP contribution in [0.2, 0.25) is 0 Å². The Morgan fingerprint density at radius 1 is 1.37 bits per heavy atom. The number of halogens is 1. The predicted molar refractivity (Wildman–Crippen MR) is 103 cm³/mol. The van der Waals surface area contributed by atoms with Gasteiger partial charge in [0.25, 0.3) is 5.91 Å². The molecule has 1 aliphatic heterocycles. The van der Waals surface area contributed by atoms with Gasteiger partial charge in [-0.1, -0.05) is 41.7 Å². The first-order valence-corrected chi connectivity index (χ1v) is 10.5. The van der Waals surface area contributed by atoms with E-state index in [1.165, 1.54) is 6.07 Å². The van der Waals surface area contributed by atoms with Gasteiger partial charge in [0.1, 0.15) is 10.2 Å². The summed E-state index contributed by atoms with van der Waals surface area (Å²) in [5, 5.41) is -0.986. The zero-order chi connectivity index (χ0) is 19.4. The predicted octanol–water partition coefficient (Wildman–Crippen LogP) is 2.61. The molecule has 9 heteroatoms. The van der Waals surface area contributed by atoms with Crippen molar-refractivity contribution in [3.63, 3.8) is 0 Å². The Kier molecular flexibility index (Phi) is 6.54. The number of aliphatic imine (C=N–C) groups is 1. The highest BCUT2D eigenvalue weighted by Crippen LogP contribution is 2.32. The quantitative estimate of drug-likeness (QED) is 0.508. The molecule has 2 amide bonds. The molecule has 1 saturated carbocycles. The summed E-state index contributed by atoms with van der Waals surface area (Å²) in [5.74, 6) is -1.56. The first-order valence-electron chi connectivity index (χ1n) is 8.61. The van der Waals surface area contributed by atoms with E-state index in [1.54, 1.807) is 30.0 Å². The molecule has 1 aromatic rings. The second-order valence-electron chi connectivity index (χ2n) is 6.10. The summed E-state index contributed by atoms with van der Waals surface area (Å²) >= 11 is 2.13. The summed E-state index contributed by atoms with van der Waals surface area (Å²) in [6.45, 7) is 2.08. The number of esters is 1. The van der Waals surface area contributed by atoms with Gasteiger partial charge in [-0.2, -0.15) is 4.99 Å². The zero-order valence-corrected chi connectivity index (χ0v) is 16.4. The van der Waals surface area contributed by atoms with Crippen molar-refractivity contribution in [1.29, 1.82) is 0 Å². The SMILES string of the molecule is CCOC(=O)[C@H]1SC(SCC(=O)N(Cc2ccccc2F)C2CC2)=NC1=O. The van der Waals surface area contributed by atoms with E-state index in [0.29, 0.717) is 9.94 Å². The minimum Gasteiger partial charge on any atom is -0.465 e. The van der Waals surface area contributed by atoms with Crippen LogP contribution in [0.1, 0.15) is 25.3 Å². The average Bonchev–Trinajstić information content (AvgIpc) is 3.41. The molecule has 1 aliphatic carbocycles. The largest absolute Gasteiger partial charge is 0.465 e. The zero-order valence-electron chi connectivity index (χ0n) is 14.7. The fraction of sp³-hybridized carbons (Fsp3) is 0.444. The van der Waals surface area contributed by atoms with Crippen LogP contribution < -0.4 is 0 Å². The Labute approximate surface area is 164 Å². The van der Waals surface area contributed by atoms with Crippen molar-refractivity contribution in [3.8, 4) is 0 Å². The summed E-state index contributed by atoms with van der Waals surface area (Å²) < 4.78 is 19.1. The monoisotopic (exact) mass is 410 g/mol. The van der Waals surface area contributed by atoms with Crippen LogP contribution in [0.25, 0.3) is 0 Å². The molecule has 0 N–H and O–H groups in total. The molecule has 27 heavy (non-hydrogen) atoms. The first-order chi connectivity index (χ1) is 13.0. The Hall–Kier alpha value is -1.87. The van der Waals surface area contributed by atoms with Gasteiger partial charge in [0, 0.05) is 18.2 Å². The lowest BCUT2D eigenvalue weighted by molar-refractivity contribution is -0.144. The van der Waals surface area contributed by atoms with E-state index < -0.39 is 17.1 Å².